The van der Waals surface area contributed by atoms with E-state index in [4.69, 9.17) is 21.1 Å². The molecule has 0 bridgehead atoms. The lowest BCUT2D eigenvalue weighted by molar-refractivity contribution is 0.0950. The van der Waals surface area contributed by atoms with Gasteiger partial charge in [-0.3, -0.25) is 4.79 Å². The second kappa shape index (κ2) is 9.99. The number of hydrogen-bond donors (Lipinski definition) is 1. The highest BCUT2D eigenvalue weighted by atomic mass is 35.5. The number of halogens is 1. The van der Waals surface area contributed by atoms with Gasteiger partial charge in [0.15, 0.2) is 0 Å². The first-order valence-electron chi connectivity index (χ1n) is 9.51. The molecule has 0 radical (unpaired) electrons. The second-order valence-corrected chi connectivity index (χ2v) is 7.31. The smallest absolute Gasteiger partial charge is 0.251 e. The normalized spacial score (nSPS) is 10.6. The number of carbonyl (C=O) groups is 1. The second-order valence-electron chi connectivity index (χ2n) is 6.90. The van der Waals surface area contributed by atoms with E-state index in [1.54, 1.807) is 18.2 Å². The Morgan fingerprint density at radius 2 is 1.72 bits per heavy atom. The van der Waals surface area contributed by atoms with Crippen LogP contribution in [0.25, 0.3) is 0 Å². The Kier molecular flexibility index (Phi) is 7.14. The molecule has 5 heteroatoms. The molecule has 0 aromatic heterocycles. The fourth-order valence-corrected chi connectivity index (χ4v) is 2.94. The average Bonchev–Trinajstić information content (AvgIpc) is 2.72. The molecule has 0 aliphatic heterocycles. The minimum Gasteiger partial charge on any atom is -0.491 e. The first-order valence-corrected chi connectivity index (χ1v) is 9.89. The summed E-state index contributed by atoms with van der Waals surface area (Å²) in [4.78, 5) is 12.5. The molecule has 3 aromatic rings. The molecule has 3 rings (SSSR count). The number of carbonyl (C=O) groups excluding carboxylic acids is 1. The van der Waals surface area contributed by atoms with E-state index in [1.807, 2.05) is 68.4 Å². The molecular weight excluding hydrogens is 386 g/mol. The van der Waals surface area contributed by atoms with Gasteiger partial charge < -0.3 is 14.8 Å². The fourth-order valence-electron chi connectivity index (χ4n) is 2.75. The monoisotopic (exact) mass is 409 g/mol. The molecule has 0 saturated carbocycles. The van der Waals surface area contributed by atoms with Crippen molar-refractivity contribution in [2.45, 2.75) is 33.1 Å². The molecule has 0 aliphatic carbocycles. The Morgan fingerprint density at radius 3 is 2.45 bits per heavy atom. The maximum Gasteiger partial charge on any atom is 0.251 e. The summed E-state index contributed by atoms with van der Waals surface area (Å²) in [6.07, 6.45) is 0.132. The zero-order valence-corrected chi connectivity index (χ0v) is 17.3. The number of rotatable bonds is 8. The van der Waals surface area contributed by atoms with Gasteiger partial charge in [0, 0.05) is 22.7 Å². The van der Waals surface area contributed by atoms with Gasteiger partial charge in [-0.25, -0.2) is 0 Å². The highest BCUT2D eigenvalue weighted by Crippen LogP contribution is 2.20. The van der Waals surface area contributed by atoms with Crippen LogP contribution in [0.1, 0.15) is 35.3 Å². The minimum atomic E-state index is -0.157. The SMILES string of the molecule is CC(C)Oc1ccc(CNC(=O)c2cccc(OCc3ccccc3Cl)c2)cc1. The highest BCUT2D eigenvalue weighted by molar-refractivity contribution is 6.31. The molecule has 0 atom stereocenters. The highest BCUT2D eigenvalue weighted by Gasteiger charge is 2.08. The fraction of sp³-hybridized carbons (Fsp3) is 0.208. The summed E-state index contributed by atoms with van der Waals surface area (Å²) in [5.74, 6) is 1.28. The van der Waals surface area contributed by atoms with E-state index in [2.05, 4.69) is 5.32 Å². The average molecular weight is 410 g/mol. The van der Waals surface area contributed by atoms with Crippen molar-refractivity contribution < 1.29 is 14.3 Å². The Morgan fingerprint density at radius 1 is 0.966 bits per heavy atom. The first-order chi connectivity index (χ1) is 14.0. The number of amides is 1. The van der Waals surface area contributed by atoms with Gasteiger partial charge in [0.05, 0.1) is 6.10 Å². The lowest BCUT2D eigenvalue weighted by Gasteiger charge is -2.11. The molecule has 1 amide bonds. The van der Waals surface area contributed by atoms with Crippen LogP contribution in [0.15, 0.2) is 72.8 Å². The predicted octanol–water partition coefficient (Wildman–Crippen LogP) is 5.64. The molecule has 29 heavy (non-hydrogen) atoms. The van der Waals surface area contributed by atoms with Crippen LogP contribution >= 0.6 is 11.6 Å². The maximum absolute atomic E-state index is 12.5. The van der Waals surface area contributed by atoms with Crippen molar-refractivity contribution in [3.05, 3.63) is 94.5 Å². The molecule has 0 saturated heterocycles. The Bertz CT molecular complexity index is 954. The van der Waals surface area contributed by atoms with Gasteiger partial charge in [-0.15, -0.1) is 0 Å². The Labute approximate surface area is 176 Å². The molecule has 0 aliphatic rings. The molecule has 150 valence electrons. The van der Waals surface area contributed by atoms with Crippen LogP contribution < -0.4 is 14.8 Å². The predicted molar refractivity (Wildman–Crippen MR) is 116 cm³/mol. The summed E-state index contributed by atoms with van der Waals surface area (Å²) in [7, 11) is 0. The van der Waals surface area contributed by atoms with Crippen LogP contribution in [0.3, 0.4) is 0 Å². The van der Waals surface area contributed by atoms with E-state index < -0.39 is 0 Å². The van der Waals surface area contributed by atoms with Crippen LogP contribution in [0.4, 0.5) is 0 Å². The Balaban J connectivity index is 1.55. The molecule has 4 nitrogen and oxygen atoms in total. The minimum absolute atomic E-state index is 0.132. The van der Waals surface area contributed by atoms with E-state index in [-0.39, 0.29) is 12.0 Å². The molecule has 0 spiro atoms. The van der Waals surface area contributed by atoms with Gasteiger partial charge in [0.1, 0.15) is 18.1 Å². The molecular formula is C24H24ClNO3. The summed E-state index contributed by atoms with van der Waals surface area (Å²) in [5.41, 5.74) is 2.44. The van der Waals surface area contributed by atoms with E-state index >= 15 is 0 Å². The van der Waals surface area contributed by atoms with Gasteiger partial charge in [0.2, 0.25) is 0 Å². The van der Waals surface area contributed by atoms with Crippen molar-refractivity contribution in [2.75, 3.05) is 0 Å². The summed E-state index contributed by atoms with van der Waals surface area (Å²) in [6, 6.07) is 22.3. The van der Waals surface area contributed by atoms with Gasteiger partial charge in [-0.1, -0.05) is 48.0 Å². The van der Waals surface area contributed by atoms with Crippen molar-refractivity contribution in [3.63, 3.8) is 0 Å². The number of benzene rings is 3. The summed E-state index contributed by atoms with van der Waals surface area (Å²) in [5, 5.41) is 3.59. The zero-order valence-electron chi connectivity index (χ0n) is 16.5. The van der Waals surface area contributed by atoms with Crippen molar-refractivity contribution in [1.82, 2.24) is 5.32 Å². The van der Waals surface area contributed by atoms with Crippen molar-refractivity contribution in [1.29, 1.82) is 0 Å². The van der Waals surface area contributed by atoms with Crippen LogP contribution in [-0.4, -0.2) is 12.0 Å². The van der Waals surface area contributed by atoms with Gasteiger partial charge in [-0.2, -0.15) is 0 Å². The Hall–Kier alpha value is -2.98. The largest absolute Gasteiger partial charge is 0.491 e. The molecule has 1 N–H and O–H groups in total. The molecule has 3 aromatic carbocycles. The van der Waals surface area contributed by atoms with Crippen LogP contribution in [-0.2, 0) is 13.2 Å². The molecule has 0 unspecified atom stereocenters. The van der Waals surface area contributed by atoms with E-state index in [1.165, 1.54) is 0 Å². The third-order valence-corrected chi connectivity index (χ3v) is 4.57. The van der Waals surface area contributed by atoms with E-state index in [9.17, 15) is 4.79 Å². The van der Waals surface area contributed by atoms with Gasteiger partial charge >= 0.3 is 0 Å². The molecule has 0 heterocycles. The summed E-state index contributed by atoms with van der Waals surface area (Å²) in [6.45, 7) is 4.75. The third-order valence-electron chi connectivity index (χ3n) is 4.20. The quantitative estimate of drug-likeness (QED) is 0.524. The van der Waals surface area contributed by atoms with Crippen LogP contribution in [0.5, 0.6) is 11.5 Å². The van der Waals surface area contributed by atoms with E-state index in [0.717, 1.165) is 16.9 Å². The van der Waals surface area contributed by atoms with Crippen LogP contribution in [0.2, 0.25) is 5.02 Å². The van der Waals surface area contributed by atoms with Crippen molar-refractivity contribution in [3.8, 4) is 11.5 Å². The number of nitrogens with one attached hydrogen (secondary N) is 1. The lowest BCUT2D eigenvalue weighted by atomic mass is 10.1. The standard InChI is InChI=1S/C24H24ClNO3/c1-17(2)29-21-12-10-18(11-13-21)15-26-24(27)19-7-5-8-22(14-19)28-16-20-6-3-4-9-23(20)25/h3-14,17H,15-16H2,1-2H3,(H,26,27). The maximum atomic E-state index is 12.5. The van der Waals surface area contributed by atoms with Crippen molar-refractivity contribution in [2.24, 2.45) is 0 Å². The summed E-state index contributed by atoms with van der Waals surface area (Å²) >= 11 is 6.15. The summed E-state index contributed by atoms with van der Waals surface area (Å²) < 4.78 is 11.4. The third kappa shape index (κ3) is 6.26. The first kappa shape index (κ1) is 20.7. The number of hydrogen-bond acceptors (Lipinski definition) is 3. The lowest BCUT2D eigenvalue weighted by Crippen LogP contribution is -2.22. The molecule has 0 fully saturated rings. The number of ether oxygens (including phenoxy) is 2. The van der Waals surface area contributed by atoms with Gasteiger partial charge in [0.25, 0.3) is 5.91 Å². The van der Waals surface area contributed by atoms with Gasteiger partial charge in [-0.05, 0) is 55.8 Å². The zero-order chi connectivity index (χ0) is 20.6. The van der Waals surface area contributed by atoms with Crippen molar-refractivity contribution >= 4 is 17.5 Å². The topological polar surface area (TPSA) is 47.6 Å². The van der Waals surface area contributed by atoms with E-state index in [0.29, 0.717) is 29.5 Å². The van der Waals surface area contributed by atoms with Crippen LogP contribution in [0, 0.1) is 0 Å².